The summed E-state index contributed by atoms with van der Waals surface area (Å²) in [7, 11) is 0. The number of carbonyl (C=O) groups is 1. The van der Waals surface area contributed by atoms with Crippen LogP contribution in [-0.4, -0.2) is 20.9 Å². The van der Waals surface area contributed by atoms with Crippen LogP contribution in [0.15, 0.2) is 73.1 Å². The molecule has 0 atom stereocenters. The molecule has 0 spiro atoms. The van der Waals surface area contributed by atoms with Crippen LogP contribution in [0.5, 0.6) is 0 Å². The Hall–Kier alpha value is -3.31. The number of nitrogens with one attached hydrogen (secondary N) is 1. The van der Waals surface area contributed by atoms with E-state index >= 15 is 0 Å². The Morgan fingerprint density at radius 2 is 1.77 bits per heavy atom. The first-order valence-electron chi connectivity index (χ1n) is 7.94. The third-order valence-electron chi connectivity index (χ3n) is 3.87. The average molecular weight is 361 g/mol. The maximum absolute atomic E-state index is 12.4. The highest BCUT2D eigenvalue weighted by Gasteiger charge is 2.09. The zero-order chi connectivity index (χ0) is 17.9. The van der Waals surface area contributed by atoms with E-state index in [0.717, 1.165) is 16.6 Å². The summed E-state index contributed by atoms with van der Waals surface area (Å²) in [5.41, 5.74) is 2.74. The van der Waals surface area contributed by atoms with Crippen molar-refractivity contribution in [2.75, 3.05) is 5.32 Å². The van der Waals surface area contributed by atoms with E-state index in [1.54, 1.807) is 42.7 Å². The molecule has 4 aromatic rings. The van der Waals surface area contributed by atoms with Crippen LogP contribution in [0.4, 0.5) is 5.82 Å². The molecule has 3 heterocycles. The molecule has 26 heavy (non-hydrogen) atoms. The standard InChI is InChI=1S/C20H13ClN4O/c21-16-7-3-13(4-8-16)17-9-5-15(12-23-17)20(26)25-18-10-6-14-2-1-11-22-19(14)24-18/h1-12H,(H,22,24,25,26). The normalized spacial score (nSPS) is 10.7. The lowest BCUT2D eigenvalue weighted by Crippen LogP contribution is -2.13. The van der Waals surface area contributed by atoms with Crippen LogP contribution < -0.4 is 5.32 Å². The molecular weight excluding hydrogens is 348 g/mol. The van der Waals surface area contributed by atoms with Gasteiger partial charge in [0.15, 0.2) is 5.65 Å². The number of carbonyl (C=O) groups excluding carboxylic acids is 1. The molecule has 0 aliphatic rings. The Morgan fingerprint density at radius 1 is 0.923 bits per heavy atom. The Kier molecular flexibility index (Phi) is 4.29. The Bertz CT molecular complexity index is 1080. The Balaban J connectivity index is 1.53. The van der Waals surface area contributed by atoms with Gasteiger partial charge < -0.3 is 5.32 Å². The summed E-state index contributed by atoms with van der Waals surface area (Å²) in [6, 6.07) is 18.3. The van der Waals surface area contributed by atoms with E-state index in [9.17, 15) is 4.79 Å². The summed E-state index contributed by atoms with van der Waals surface area (Å²) >= 11 is 5.90. The molecule has 0 radical (unpaired) electrons. The minimum atomic E-state index is -0.275. The third-order valence-corrected chi connectivity index (χ3v) is 4.12. The number of nitrogens with zero attached hydrogens (tertiary/aromatic N) is 3. The van der Waals surface area contributed by atoms with Gasteiger partial charge in [-0.05, 0) is 48.5 Å². The molecule has 0 bridgehead atoms. The highest BCUT2D eigenvalue weighted by molar-refractivity contribution is 6.30. The maximum Gasteiger partial charge on any atom is 0.258 e. The second kappa shape index (κ2) is 6.90. The van der Waals surface area contributed by atoms with Crippen molar-refractivity contribution in [3.63, 3.8) is 0 Å². The number of hydrogen-bond donors (Lipinski definition) is 1. The van der Waals surface area contributed by atoms with Crippen LogP contribution >= 0.6 is 11.6 Å². The number of rotatable bonds is 3. The number of amides is 1. The number of aromatic nitrogens is 3. The minimum Gasteiger partial charge on any atom is -0.306 e. The summed E-state index contributed by atoms with van der Waals surface area (Å²) in [6.45, 7) is 0. The van der Waals surface area contributed by atoms with Crippen LogP contribution in [0.3, 0.4) is 0 Å². The number of halogens is 1. The van der Waals surface area contributed by atoms with Gasteiger partial charge in [0.05, 0.1) is 11.3 Å². The van der Waals surface area contributed by atoms with Gasteiger partial charge in [0, 0.05) is 28.4 Å². The molecule has 1 amide bonds. The lowest BCUT2D eigenvalue weighted by molar-refractivity contribution is 0.102. The van der Waals surface area contributed by atoms with Crippen molar-refractivity contribution < 1.29 is 4.79 Å². The van der Waals surface area contributed by atoms with E-state index in [2.05, 4.69) is 20.3 Å². The fraction of sp³-hybridized carbons (Fsp3) is 0. The first-order chi connectivity index (χ1) is 12.7. The maximum atomic E-state index is 12.4. The molecule has 4 rings (SSSR count). The average Bonchev–Trinajstić information content (AvgIpc) is 2.68. The van der Waals surface area contributed by atoms with Gasteiger partial charge in [-0.25, -0.2) is 9.97 Å². The second-order valence-electron chi connectivity index (χ2n) is 5.64. The number of pyridine rings is 3. The zero-order valence-electron chi connectivity index (χ0n) is 13.6. The number of hydrogen-bond acceptors (Lipinski definition) is 4. The van der Waals surface area contributed by atoms with Crippen LogP contribution in [0.2, 0.25) is 5.02 Å². The fourth-order valence-corrected chi connectivity index (χ4v) is 2.66. The summed E-state index contributed by atoms with van der Waals surface area (Å²) in [5.74, 6) is 0.172. The van der Waals surface area contributed by atoms with Crippen molar-refractivity contribution in [1.82, 2.24) is 15.0 Å². The van der Waals surface area contributed by atoms with E-state index in [1.165, 1.54) is 0 Å². The second-order valence-corrected chi connectivity index (χ2v) is 6.08. The number of fused-ring (bicyclic) bond motifs is 1. The van der Waals surface area contributed by atoms with Crippen molar-refractivity contribution in [3.05, 3.63) is 83.6 Å². The Morgan fingerprint density at radius 3 is 2.54 bits per heavy atom. The summed E-state index contributed by atoms with van der Waals surface area (Å²) < 4.78 is 0. The van der Waals surface area contributed by atoms with Crippen LogP contribution in [0.25, 0.3) is 22.3 Å². The van der Waals surface area contributed by atoms with E-state index in [-0.39, 0.29) is 5.91 Å². The molecule has 3 aromatic heterocycles. The van der Waals surface area contributed by atoms with E-state index < -0.39 is 0 Å². The molecule has 126 valence electrons. The molecule has 1 N–H and O–H groups in total. The predicted octanol–water partition coefficient (Wildman–Crippen LogP) is 4.60. The molecule has 1 aromatic carbocycles. The SMILES string of the molecule is O=C(Nc1ccc2cccnc2n1)c1ccc(-c2ccc(Cl)cc2)nc1. The fourth-order valence-electron chi connectivity index (χ4n) is 2.53. The van der Waals surface area contributed by atoms with Gasteiger partial charge in [0.1, 0.15) is 5.82 Å². The van der Waals surface area contributed by atoms with Crippen molar-refractivity contribution in [2.24, 2.45) is 0 Å². The van der Waals surface area contributed by atoms with Gasteiger partial charge >= 0.3 is 0 Å². The lowest BCUT2D eigenvalue weighted by Gasteiger charge is -2.06. The highest BCUT2D eigenvalue weighted by Crippen LogP contribution is 2.20. The molecule has 0 saturated carbocycles. The van der Waals surface area contributed by atoms with Crippen molar-refractivity contribution in [2.45, 2.75) is 0 Å². The quantitative estimate of drug-likeness (QED) is 0.580. The monoisotopic (exact) mass is 360 g/mol. The largest absolute Gasteiger partial charge is 0.306 e. The van der Waals surface area contributed by atoms with Crippen molar-refractivity contribution >= 4 is 34.4 Å². The third kappa shape index (κ3) is 3.38. The van der Waals surface area contributed by atoms with Crippen LogP contribution in [0.1, 0.15) is 10.4 Å². The van der Waals surface area contributed by atoms with Gasteiger partial charge in [-0.2, -0.15) is 0 Å². The molecular formula is C20H13ClN4O. The topological polar surface area (TPSA) is 67.8 Å². The van der Waals surface area contributed by atoms with E-state index in [1.807, 2.05) is 30.3 Å². The molecule has 0 aliphatic heterocycles. The summed E-state index contributed by atoms with van der Waals surface area (Å²) in [6.07, 6.45) is 3.21. The number of anilines is 1. The van der Waals surface area contributed by atoms with E-state index in [4.69, 9.17) is 11.6 Å². The van der Waals surface area contributed by atoms with Gasteiger partial charge in [-0.1, -0.05) is 23.7 Å². The summed E-state index contributed by atoms with van der Waals surface area (Å²) in [4.78, 5) is 25.3. The molecule has 0 saturated heterocycles. The first kappa shape index (κ1) is 16.2. The first-order valence-corrected chi connectivity index (χ1v) is 8.32. The van der Waals surface area contributed by atoms with Crippen molar-refractivity contribution in [1.29, 1.82) is 0 Å². The lowest BCUT2D eigenvalue weighted by atomic mass is 10.1. The Labute approximate surface area is 154 Å². The molecule has 0 fully saturated rings. The molecule has 6 heteroatoms. The zero-order valence-corrected chi connectivity index (χ0v) is 14.3. The number of benzene rings is 1. The van der Waals surface area contributed by atoms with Gasteiger partial charge in [0.25, 0.3) is 5.91 Å². The predicted molar refractivity (Wildman–Crippen MR) is 102 cm³/mol. The van der Waals surface area contributed by atoms with Crippen LogP contribution in [0, 0.1) is 0 Å². The van der Waals surface area contributed by atoms with Crippen LogP contribution in [-0.2, 0) is 0 Å². The molecule has 5 nitrogen and oxygen atoms in total. The summed E-state index contributed by atoms with van der Waals surface area (Å²) in [5, 5.41) is 4.35. The van der Waals surface area contributed by atoms with Gasteiger partial charge in [0.2, 0.25) is 0 Å². The van der Waals surface area contributed by atoms with Crippen molar-refractivity contribution in [3.8, 4) is 11.3 Å². The van der Waals surface area contributed by atoms with E-state index in [0.29, 0.717) is 22.1 Å². The smallest absolute Gasteiger partial charge is 0.258 e. The molecule has 0 aliphatic carbocycles. The van der Waals surface area contributed by atoms with Gasteiger partial charge in [-0.3, -0.25) is 9.78 Å². The minimum absolute atomic E-state index is 0.275. The molecule has 0 unspecified atom stereocenters. The highest BCUT2D eigenvalue weighted by atomic mass is 35.5. The van der Waals surface area contributed by atoms with Gasteiger partial charge in [-0.15, -0.1) is 0 Å².